The van der Waals surface area contributed by atoms with Crippen LogP contribution in [0, 0.1) is 0 Å². The topological polar surface area (TPSA) is 9.23 Å². The second-order valence-electron chi connectivity index (χ2n) is 1.61. The van der Waals surface area contributed by atoms with Crippen LogP contribution < -0.4 is 0 Å². The Hall–Kier alpha value is 0.310. The standard InChI is InChI=1S/C5H10OS/c1-2-6-3-5-4-7-5/h5H,2-4H2,1H3. The normalized spacial score (nSPS) is 27.9. The van der Waals surface area contributed by atoms with Crippen LogP contribution in [-0.2, 0) is 4.74 Å². The Morgan fingerprint density at radius 3 is 3.00 bits per heavy atom. The molecule has 0 aliphatic carbocycles. The predicted octanol–water partition coefficient (Wildman–Crippen LogP) is 1.14. The lowest BCUT2D eigenvalue weighted by Gasteiger charge is -1.92. The highest BCUT2D eigenvalue weighted by Crippen LogP contribution is 2.29. The summed E-state index contributed by atoms with van der Waals surface area (Å²) in [6, 6.07) is 0. The van der Waals surface area contributed by atoms with Gasteiger partial charge >= 0.3 is 0 Å². The van der Waals surface area contributed by atoms with Crippen molar-refractivity contribution in [2.24, 2.45) is 0 Å². The molecule has 0 aromatic carbocycles. The molecule has 0 N–H and O–H groups in total. The molecule has 1 unspecified atom stereocenters. The third-order valence-electron chi connectivity index (χ3n) is 0.910. The van der Waals surface area contributed by atoms with Crippen molar-refractivity contribution in [3.8, 4) is 0 Å². The Bertz CT molecular complexity index is 52.0. The Morgan fingerprint density at radius 1 is 1.86 bits per heavy atom. The van der Waals surface area contributed by atoms with Gasteiger partial charge in [-0.05, 0) is 6.92 Å². The molecule has 1 rings (SSSR count). The Kier molecular flexibility index (Phi) is 2.00. The average molecular weight is 118 g/mol. The molecule has 1 aliphatic rings. The van der Waals surface area contributed by atoms with Crippen molar-refractivity contribution in [3.05, 3.63) is 0 Å². The monoisotopic (exact) mass is 118 g/mol. The third-order valence-corrected chi connectivity index (χ3v) is 1.85. The molecule has 1 atom stereocenters. The van der Waals surface area contributed by atoms with Crippen LogP contribution in [0.15, 0.2) is 0 Å². The summed E-state index contributed by atoms with van der Waals surface area (Å²) in [5.74, 6) is 1.32. The smallest absolute Gasteiger partial charge is 0.0592 e. The second-order valence-corrected chi connectivity index (χ2v) is 2.95. The van der Waals surface area contributed by atoms with Crippen molar-refractivity contribution in [1.29, 1.82) is 0 Å². The lowest BCUT2D eigenvalue weighted by atomic mass is 10.5. The van der Waals surface area contributed by atoms with Crippen LogP contribution in [0.5, 0.6) is 0 Å². The van der Waals surface area contributed by atoms with Gasteiger partial charge in [-0.15, -0.1) is 0 Å². The molecule has 1 aliphatic heterocycles. The van der Waals surface area contributed by atoms with Crippen LogP contribution >= 0.6 is 11.8 Å². The molecule has 42 valence electrons. The molecule has 7 heavy (non-hydrogen) atoms. The highest BCUT2D eigenvalue weighted by molar-refractivity contribution is 8.06. The van der Waals surface area contributed by atoms with Crippen LogP contribution in [0.1, 0.15) is 6.92 Å². The van der Waals surface area contributed by atoms with Gasteiger partial charge in [0, 0.05) is 17.6 Å². The maximum atomic E-state index is 5.14. The molecule has 1 saturated heterocycles. The van der Waals surface area contributed by atoms with Crippen LogP contribution in [0.2, 0.25) is 0 Å². The van der Waals surface area contributed by atoms with E-state index in [0.29, 0.717) is 0 Å². The van der Waals surface area contributed by atoms with Gasteiger partial charge < -0.3 is 4.74 Å². The van der Waals surface area contributed by atoms with E-state index in [4.69, 9.17) is 4.74 Å². The fraction of sp³-hybridized carbons (Fsp3) is 1.00. The van der Waals surface area contributed by atoms with E-state index in [0.717, 1.165) is 18.5 Å². The van der Waals surface area contributed by atoms with E-state index in [1.807, 2.05) is 18.7 Å². The van der Waals surface area contributed by atoms with Crippen molar-refractivity contribution in [3.63, 3.8) is 0 Å². The first-order chi connectivity index (χ1) is 3.43. The Labute approximate surface area is 48.4 Å². The van der Waals surface area contributed by atoms with E-state index >= 15 is 0 Å². The van der Waals surface area contributed by atoms with Gasteiger partial charge in [0.25, 0.3) is 0 Å². The van der Waals surface area contributed by atoms with Gasteiger partial charge in [-0.25, -0.2) is 0 Å². The zero-order valence-corrected chi connectivity index (χ0v) is 5.33. The lowest BCUT2D eigenvalue weighted by Crippen LogP contribution is -1.98. The van der Waals surface area contributed by atoms with E-state index in [1.165, 1.54) is 5.75 Å². The molecule has 2 heteroatoms. The molecule has 0 aromatic heterocycles. The van der Waals surface area contributed by atoms with E-state index < -0.39 is 0 Å². The molecule has 0 amide bonds. The number of hydrogen-bond donors (Lipinski definition) is 0. The molecule has 0 spiro atoms. The summed E-state index contributed by atoms with van der Waals surface area (Å²) in [5.41, 5.74) is 0. The third kappa shape index (κ3) is 2.19. The molecular formula is C5H10OS. The van der Waals surface area contributed by atoms with Crippen molar-refractivity contribution >= 4 is 11.8 Å². The van der Waals surface area contributed by atoms with E-state index in [1.54, 1.807) is 0 Å². The summed E-state index contributed by atoms with van der Waals surface area (Å²) in [4.78, 5) is 0. The first-order valence-corrected chi connectivity index (χ1v) is 3.67. The summed E-state index contributed by atoms with van der Waals surface area (Å²) >= 11 is 1.98. The first-order valence-electron chi connectivity index (χ1n) is 2.63. The quantitative estimate of drug-likeness (QED) is 0.514. The Morgan fingerprint density at radius 2 is 2.57 bits per heavy atom. The zero-order chi connectivity index (χ0) is 5.11. The summed E-state index contributed by atoms with van der Waals surface area (Å²) in [5, 5.41) is 0.847. The minimum Gasteiger partial charge on any atom is -0.381 e. The molecule has 0 radical (unpaired) electrons. The first kappa shape index (κ1) is 5.45. The number of thioether (sulfide) groups is 1. The minimum absolute atomic E-state index is 0.847. The second kappa shape index (κ2) is 2.58. The Balaban J connectivity index is 1.80. The maximum Gasteiger partial charge on any atom is 0.0592 e. The summed E-state index contributed by atoms with van der Waals surface area (Å²) in [6.45, 7) is 3.88. The van der Waals surface area contributed by atoms with Gasteiger partial charge in [-0.1, -0.05) is 0 Å². The van der Waals surface area contributed by atoms with Gasteiger partial charge in [0.2, 0.25) is 0 Å². The van der Waals surface area contributed by atoms with Gasteiger partial charge in [-0.2, -0.15) is 11.8 Å². The molecule has 1 nitrogen and oxygen atoms in total. The van der Waals surface area contributed by atoms with Gasteiger partial charge in [0.15, 0.2) is 0 Å². The SMILES string of the molecule is CCOCC1CS1. The number of rotatable bonds is 3. The molecule has 0 saturated carbocycles. The number of hydrogen-bond acceptors (Lipinski definition) is 2. The molecule has 1 heterocycles. The maximum absolute atomic E-state index is 5.14. The summed E-state index contributed by atoms with van der Waals surface area (Å²) < 4.78 is 5.14. The molecule has 0 bridgehead atoms. The largest absolute Gasteiger partial charge is 0.381 e. The van der Waals surface area contributed by atoms with Gasteiger partial charge in [0.05, 0.1) is 6.61 Å². The van der Waals surface area contributed by atoms with E-state index in [2.05, 4.69) is 0 Å². The number of ether oxygens (including phenoxy) is 1. The van der Waals surface area contributed by atoms with Crippen LogP contribution in [0.25, 0.3) is 0 Å². The van der Waals surface area contributed by atoms with Crippen LogP contribution in [0.4, 0.5) is 0 Å². The molecule has 1 fully saturated rings. The highest BCUT2D eigenvalue weighted by atomic mass is 32.2. The zero-order valence-electron chi connectivity index (χ0n) is 4.52. The molecule has 0 aromatic rings. The van der Waals surface area contributed by atoms with Gasteiger partial charge in [-0.3, -0.25) is 0 Å². The lowest BCUT2D eigenvalue weighted by molar-refractivity contribution is 0.156. The van der Waals surface area contributed by atoms with Crippen molar-refractivity contribution < 1.29 is 4.74 Å². The van der Waals surface area contributed by atoms with Crippen molar-refractivity contribution in [2.75, 3.05) is 19.0 Å². The summed E-state index contributed by atoms with van der Waals surface area (Å²) in [6.07, 6.45) is 0. The minimum atomic E-state index is 0.847. The molecular weight excluding hydrogens is 108 g/mol. The highest BCUT2D eigenvalue weighted by Gasteiger charge is 2.21. The van der Waals surface area contributed by atoms with Crippen molar-refractivity contribution in [2.45, 2.75) is 12.2 Å². The fourth-order valence-corrected chi connectivity index (χ4v) is 0.838. The van der Waals surface area contributed by atoms with Crippen molar-refractivity contribution in [1.82, 2.24) is 0 Å². The fourth-order valence-electron chi connectivity index (χ4n) is 0.414. The average Bonchev–Trinajstić information content (AvgIpc) is 2.42. The summed E-state index contributed by atoms with van der Waals surface area (Å²) in [7, 11) is 0. The van der Waals surface area contributed by atoms with Crippen LogP contribution in [-0.4, -0.2) is 24.2 Å². The van der Waals surface area contributed by atoms with Crippen LogP contribution in [0.3, 0.4) is 0 Å². The van der Waals surface area contributed by atoms with E-state index in [9.17, 15) is 0 Å². The predicted molar refractivity (Wildman–Crippen MR) is 32.7 cm³/mol. The van der Waals surface area contributed by atoms with E-state index in [-0.39, 0.29) is 0 Å². The van der Waals surface area contributed by atoms with Gasteiger partial charge in [0.1, 0.15) is 0 Å².